The average Bonchev–Trinajstić information content (AvgIpc) is 2.57. The number of carboxylic acid groups (broad SMARTS) is 1. The largest absolute Gasteiger partial charge is 0.481 e. The van der Waals surface area contributed by atoms with Crippen LogP contribution in [0, 0.1) is 5.92 Å². The molecule has 1 amide bonds. The molecule has 0 aromatic heterocycles. The number of hydrogen-bond acceptors (Lipinski definition) is 4. The van der Waals surface area contributed by atoms with Crippen molar-refractivity contribution in [1.29, 1.82) is 0 Å². The van der Waals surface area contributed by atoms with Gasteiger partial charge in [0.2, 0.25) is 15.9 Å². The molecule has 144 valence electrons. The van der Waals surface area contributed by atoms with Crippen LogP contribution in [0.1, 0.15) is 44.1 Å². The van der Waals surface area contributed by atoms with Gasteiger partial charge in [0.05, 0.1) is 5.92 Å². The fourth-order valence-electron chi connectivity index (χ4n) is 3.15. The summed E-state index contributed by atoms with van der Waals surface area (Å²) in [6, 6.07) is 8.39. The van der Waals surface area contributed by atoms with Crippen molar-refractivity contribution >= 4 is 21.9 Å². The lowest BCUT2D eigenvalue weighted by Crippen LogP contribution is -2.43. The molecule has 26 heavy (non-hydrogen) atoms. The first-order chi connectivity index (χ1) is 12.3. The fraction of sp³-hybridized carbons (Fsp3) is 0.556. The van der Waals surface area contributed by atoms with Crippen LogP contribution in [0.25, 0.3) is 0 Å². The number of aliphatic carboxylic acids is 1. The van der Waals surface area contributed by atoms with Crippen molar-refractivity contribution in [3.63, 3.8) is 0 Å². The molecule has 0 aliphatic heterocycles. The molecule has 1 aromatic carbocycles. The monoisotopic (exact) mass is 382 g/mol. The molecule has 0 bridgehead atoms. The summed E-state index contributed by atoms with van der Waals surface area (Å²) in [4.78, 5) is 23.4. The molecule has 0 heterocycles. The first-order valence-electron chi connectivity index (χ1n) is 8.81. The van der Waals surface area contributed by atoms with E-state index in [9.17, 15) is 23.1 Å². The van der Waals surface area contributed by atoms with Crippen molar-refractivity contribution in [3.8, 4) is 0 Å². The number of benzene rings is 1. The summed E-state index contributed by atoms with van der Waals surface area (Å²) in [6.45, 7) is 1.98. The quantitative estimate of drug-likeness (QED) is 0.630. The van der Waals surface area contributed by atoms with E-state index in [2.05, 4.69) is 17.0 Å². The van der Waals surface area contributed by atoms with E-state index in [0.29, 0.717) is 11.5 Å². The maximum Gasteiger partial charge on any atom is 0.312 e. The Balaban J connectivity index is 1.85. The maximum absolute atomic E-state index is 12.2. The number of hydrogen-bond donors (Lipinski definition) is 3. The highest BCUT2D eigenvalue weighted by molar-refractivity contribution is 7.90. The second-order valence-corrected chi connectivity index (χ2v) is 8.69. The van der Waals surface area contributed by atoms with Gasteiger partial charge in [0.15, 0.2) is 0 Å². The van der Waals surface area contributed by atoms with E-state index in [0.717, 1.165) is 25.7 Å². The molecule has 0 spiro atoms. The number of sulfonamides is 1. The number of rotatable bonds is 8. The lowest BCUT2D eigenvalue weighted by molar-refractivity contribution is -0.138. The van der Waals surface area contributed by atoms with Gasteiger partial charge in [0, 0.05) is 12.6 Å². The molecule has 1 aliphatic carbocycles. The second-order valence-electron chi connectivity index (χ2n) is 6.94. The molecule has 7 nitrogen and oxygen atoms in total. The minimum absolute atomic E-state index is 0.125. The van der Waals surface area contributed by atoms with Gasteiger partial charge < -0.3 is 10.4 Å². The third-order valence-electron chi connectivity index (χ3n) is 4.69. The zero-order chi connectivity index (χ0) is 19.2. The van der Waals surface area contributed by atoms with Crippen molar-refractivity contribution in [2.24, 2.45) is 5.92 Å². The predicted octanol–water partition coefficient (Wildman–Crippen LogP) is 1.47. The van der Waals surface area contributed by atoms with E-state index >= 15 is 0 Å². The summed E-state index contributed by atoms with van der Waals surface area (Å²) in [6.07, 6.45) is 3.49. The molecule has 3 N–H and O–H groups in total. The average molecular weight is 382 g/mol. The fourth-order valence-corrected chi connectivity index (χ4v) is 4.42. The number of carbonyl (C=O) groups is 2. The SMILES string of the molecule is CC1CCC(NS(=O)(=O)CC(=O)NCC(C(=O)O)c2ccccc2)CC1. The third kappa shape index (κ3) is 6.42. The molecule has 1 aromatic rings. The molecular formula is C18H26N2O5S. The Morgan fingerprint density at radius 1 is 1.15 bits per heavy atom. The Kier molecular flexibility index (Phi) is 7.16. The van der Waals surface area contributed by atoms with E-state index in [1.165, 1.54) is 0 Å². The lowest BCUT2D eigenvalue weighted by Gasteiger charge is -2.26. The van der Waals surface area contributed by atoms with Crippen LogP contribution in [0.2, 0.25) is 0 Å². The van der Waals surface area contributed by atoms with Crippen LogP contribution < -0.4 is 10.0 Å². The highest BCUT2D eigenvalue weighted by Crippen LogP contribution is 2.23. The van der Waals surface area contributed by atoms with Crippen molar-refractivity contribution in [2.45, 2.75) is 44.6 Å². The van der Waals surface area contributed by atoms with Gasteiger partial charge in [-0.2, -0.15) is 0 Å². The van der Waals surface area contributed by atoms with Gasteiger partial charge >= 0.3 is 5.97 Å². The number of carboxylic acids is 1. The van der Waals surface area contributed by atoms with Crippen LogP contribution in [0.15, 0.2) is 30.3 Å². The molecule has 1 atom stereocenters. The summed E-state index contributed by atoms with van der Waals surface area (Å²) in [5.41, 5.74) is 0.553. The minimum atomic E-state index is -3.74. The van der Waals surface area contributed by atoms with Crippen molar-refractivity contribution < 1.29 is 23.1 Å². The highest BCUT2D eigenvalue weighted by atomic mass is 32.2. The zero-order valence-electron chi connectivity index (χ0n) is 14.8. The van der Waals surface area contributed by atoms with E-state index < -0.39 is 33.6 Å². The second kappa shape index (κ2) is 9.14. The Labute approximate surface area is 154 Å². The summed E-state index contributed by atoms with van der Waals surface area (Å²) < 4.78 is 26.9. The Hall–Kier alpha value is -1.93. The van der Waals surface area contributed by atoms with Crippen LogP contribution in [0.5, 0.6) is 0 Å². The van der Waals surface area contributed by atoms with Gasteiger partial charge in [-0.3, -0.25) is 9.59 Å². The van der Waals surface area contributed by atoms with E-state index in [-0.39, 0.29) is 12.6 Å². The van der Waals surface area contributed by atoms with Crippen LogP contribution in [-0.2, 0) is 19.6 Å². The minimum Gasteiger partial charge on any atom is -0.481 e. The van der Waals surface area contributed by atoms with Crippen molar-refractivity contribution in [3.05, 3.63) is 35.9 Å². The molecule has 1 aliphatic rings. The summed E-state index contributed by atoms with van der Waals surface area (Å²) in [5, 5.41) is 11.8. The van der Waals surface area contributed by atoms with Crippen molar-refractivity contribution in [2.75, 3.05) is 12.3 Å². The maximum atomic E-state index is 12.2. The molecule has 1 unspecified atom stereocenters. The Bertz CT molecular complexity index is 712. The molecule has 0 saturated heterocycles. The Morgan fingerprint density at radius 2 is 1.77 bits per heavy atom. The molecule has 2 rings (SSSR count). The molecule has 8 heteroatoms. The van der Waals surface area contributed by atoms with Crippen LogP contribution in [-0.4, -0.2) is 43.7 Å². The normalized spacial score (nSPS) is 21.7. The molecule has 1 saturated carbocycles. The standard InChI is InChI=1S/C18H26N2O5S/c1-13-7-9-15(10-8-13)20-26(24,25)12-17(21)19-11-16(18(22)23)14-5-3-2-4-6-14/h2-6,13,15-16,20H,7-12H2,1H3,(H,19,21)(H,22,23). The smallest absolute Gasteiger partial charge is 0.312 e. The van der Waals surface area contributed by atoms with Crippen LogP contribution in [0.3, 0.4) is 0 Å². The number of amides is 1. The highest BCUT2D eigenvalue weighted by Gasteiger charge is 2.26. The topological polar surface area (TPSA) is 113 Å². The van der Waals surface area contributed by atoms with Gasteiger partial charge in [0.1, 0.15) is 5.75 Å². The molecular weight excluding hydrogens is 356 g/mol. The van der Waals surface area contributed by atoms with Gasteiger partial charge in [-0.1, -0.05) is 37.3 Å². The predicted molar refractivity (Wildman–Crippen MR) is 98.2 cm³/mol. The summed E-state index contributed by atoms with van der Waals surface area (Å²) >= 11 is 0. The lowest BCUT2D eigenvalue weighted by atomic mass is 9.88. The summed E-state index contributed by atoms with van der Waals surface area (Å²) in [5.74, 6) is -2.79. The third-order valence-corrected chi connectivity index (χ3v) is 6.02. The molecule has 1 fully saturated rings. The first kappa shape index (κ1) is 20.4. The Morgan fingerprint density at radius 3 is 2.35 bits per heavy atom. The van der Waals surface area contributed by atoms with E-state index in [4.69, 9.17) is 0 Å². The summed E-state index contributed by atoms with van der Waals surface area (Å²) in [7, 11) is -3.74. The van der Waals surface area contributed by atoms with E-state index in [1.54, 1.807) is 30.3 Å². The van der Waals surface area contributed by atoms with Gasteiger partial charge in [-0.25, -0.2) is 13.1 Å². The van der Waals surface area contributed by atoms with Crippen LogP contribution >= 0.6 is 0 Å². The van der Waals surface area contributed by atoms with Gasteiger partial charge in [0.25, 0.3) is 0 Å². The zero-order valence-corrected chi connectivity index (χ0v) is 15.7. The van der Waals surface area contributed by atoms with Crippen LogP contribution in [0.4, 0.5) is 0 Å². The first-order valence-corrected chi connectivity index (χ1v) is 10.5. The number of carbonyl (C=O) groups excluding carboxylic acids is 1. The molecule has 0 radical (unpaired) electrons. The van der Waals surface area contributed by atoms with Crippen molar-refractivity contribution in [1.82, 2.24) is 10.0 Å². The van der Waals surface area contributed by atoms with Gasteiger partial charge in [-0.15, -0.1) is 0 Å². The number of nitrogens with one attached hydrogen (secondary N) is 2. The van der Waals surface area contributed by atoms with E-state index in [1.807, 2.05) is 0 Å². The van der Waals surface area contributed by atoms with Gasteiger partial charge in [-0.05, 0) is 37.2 Å².